The fourth-order valence-corrected chi connectivity index (χ4v) is 4.77. The summed E-state index contributed by atoms with van der Waals surface area (Å²) in [6.07, 6.45) is 1.64. The van der Waals surface area contributed by atoms with Crippen molar-refractivity contribution in [3.05, 3.63) is 71.3 Å². The number of carbonyl (C=O) groups is 2. The Labute approximate surface area is 237 Å². The van der Waals surface area contributed by atoms with Gasteiger partial charge in [-0.2, -0.15) is 0 Å². The Kier molecular flexibility index (Phi) is 10.8. The van der Waals surface area contributed by atoms with Crippen molar-refractivity contribution in [2.24, 2.45) is 5.92 Å². The number of methoxy groups -OCH3 is 1. The molecule has 0 spiro atoms. The minimum absolute atomic E-state index is 0.0466. The molecule has 1 amide bonds. The van der Waals surface area contributed by atoms with Crippen LogP contribution < -0.4 is 14.2 Å². The zero-order valence-electron chi connectivity index (χ0n) is 24.5. The maximum absolute atomic E-state index is 13.5. The smallest absolute Gasteiger partial charge is 0.295 e. The molecular formula is C32H42N2O6. The minimum atomic E-state index is -0.797. The molecule has 40 heavy (non-hydrogen) atoms. The highest BCUT2D eigenvalue weighted by molar-refractivity contribution is 6.46. The number of carbonyl (C=O) groups excluding carboxylic acids is 2. The van der Waals surface area contributed by atoms with Crippen LogP contribution in [-0.2, 0) is 9.59 Å². The van der Waals surface area contributed by atoms with E-state index in [1.165, 1.54) is 7.11 Å². The number of rotatable bonds is 14. The summed E-state index contributed by atoms with van der Waals surface area (Å²) in [7, 11) is 1.53. The number of amides is 1. The Morgan fingerprint density at radius 1 is 1.10 bits per heavy atom. The van der Waals surface area contributed by atoms with Gasteiger partial charge < -0.3 is 29.1 Å². The van der Waals surface area contributed by atoms with Crippen LogP contribution in [0.2, 0.25) is 0 Å². The van der Waals surface area contributed by atoms with Crippen LogP contribution in [0, 0.1) is 12.8 Å². The molecule has 1 fully saturated rings. The molecule has 1 heterocycles. The number of nitrogens with zero attached hydrogens (tertiary/aromatic N) is 2. The van der Waals surface area contributed by atoms with Gasteiger partial charge in [0.1, 0.15) is 18.1 Å². The number of ketones is 1. The third-order valence-corrected chi connectivity index (χ3v) is 6.99. The van der Waals surface area contributed by atoms with E-state index in [-0.39, 0.29) is 11.3 Å². The lowest BCUT2D eigenvalue weighted by atomic mass is 9.93. The number of ether oxygens (including phenoxy) is 3. The van der Waals surface area contributed by atoms with Crippen molar-refractivity contribution in [3.8, 4) is 17.2 Å². The predicted molar refractivity (Wildman–Crippen MR) is 157 cm³/mol. The molecule has 1 unspecified atom stereocenters. The second-order valence-corrected chi connectivity index (χ2v) is 10.2. The number of benzene rings is 2. The van der Waals surface area contributed by atoms with Crippen LogP contribution in [0.15, 0.2) is 54.6 Å². The molecule has 0 saturated carbocycles. The highest BCUT2D eigenvalue weighted by Gasteiger charge is 2.46. The Morgan fingerprint density at radius 3 is 2.42 bits per heavy atom. The fourth-order valence-electron chi connectivity index (χ4n) is 4.77. The lowest BCUT2D eigenvalue weighted by molar-refractivity contribution is -0.140. The third-order valence-electron chi connectivity index (χ3n) is 6.99. The molecular weight excluding hydrogens is 508 g/mol. The molecule has 1 aliphatic rings. The van der Waals surface area contributed by atoms with Gasteiger partial charge in [0.05, 0.1) is 25.3 Å². The van der Waals surface area contributed by atoms with Gasteiger partial charge in [-0.1, -0.05) is 46.4 Å². The largest absolute Gasteiger partial charge is 0.507 e. The number of likely N-dealkylation sites (tertiary alicyclic amines) is 1. The van der Waals surface area contributed by atoms with Crippen LogP contribution in [0.3, 0.4) is 0 Å². The minimum Gasteiger partial charge on any atom is -0.507 e. The lowest BCUT2D eigenvalue weighted by Gasteiger charge is -2.28. The molecule has 0 radical (unpaired) electrons. The molecule has 216 valence electrons. The van der Waals surface area contributed by atoms with Gasteiger partial charge in [0.15, 0.2) is 11.5 Å². The van der Waals surface area contributed by atoms with E-state index in [2.05, 4.69) is 39.2 Å². The fraction of sp³-hybridized carbons (Fsp3) is 0.438. The summed E-state index contributed by atoms with van der Waals surface area (Å²) in [6.45, 7) is 17.2. The van der Waals surface area contributed by atoms with Crippen LogP contribution in [0.1, 0.15) is 50.4 Å². The van der Waals surface area contributed by atoms with Gasteiger partial charge in [0, 0.05) is 18.7 Å². The number of aryl methyl sites for hydroxylation is 1. The van der Waals surface area contributed by atoms with Crippen molar-refractivity contribution >= 4 is 17.4 Å². The third kappa shape index (κ3) is 6.86. The predicted octanol–water partition coefficient (Wildman–Crippen LogP) is 5.37. The molecule has 8 heteroatoms. The van der Waals surface area contributed by atoms with Gasteiger partial charge in [-0.05, 0) is 67.4 Å². The molecule has 2 aromatic carbocycles. The first kappa shape index (κ1) is 30.8. The van der Waals surface area contributed by atoms with Crippen LogP contribution in [0.25, 0.3) is 5.76 Å². The number of Topliss-reactive ketones (excluding diaryl/α,β-unsaturated/α-hetero) is 1. The number of hydrogen-bond acceptors (Lipinski definition) is 7. The number of aliphatic hydroxyl groups excluding tert-OH is 1. The summed E-state index contributed by atoms with van der Waals surface area (Å²) in [5.74, 6) is 0.444. The first-order chi connectivity index (χ1) is 19.2. The van der Waals surface area contributed by atoms with Gasteiger partial charge in [-0.15, -0.1) is 0 Å². The first-order valence-corrected chi connectivity index (χ1v) is 13.8. The molecule has 0 aromatic heterocycles. The topological polar surface area (TPSA) is 88.5 Å². The van der Waals surface area contributed by atoms with Crippen molar-refractivity contribution in [2.75, 3.05) is 46.5 Å². The first-order valence-electron chi connectivity index (χ1n) is 13.8. The second-order valence-electron chi connectivity index (χ2n) is 10.2. The van der Waals surface area contributed by atoms with Gasteiger partial charge in [-0.3, -0.25) is 9.59 Å². The van der Waals surface area contributed by atoms with Gasteiger partial charge in [-0.25, -0.2) is 0 Å². The van der Waals surface area contributed by atoms with Crippen molar-refractivity contribution in [2.45, 2.75) is 40.7 Å². The molecule has 0 aliphatic carbocycles. The molecule has 2 aromatic rings. The SMILES string of the molecule is C=CCOc1ccc(C2C(=C(O)c3ccc(OCC(C)C)cc3C)C(=O)C(=O)N2CCN(CC)CC)cc1OC. The molecule has 1 atom stereocenters. The van der Waals surface area contributed by atoms with Crippen molar-refractivity contribution in [3.63, 3.8) is 0 Å². The van der Waals surface area contributed by atoms with E-state index in [4.69, 9.17) is 14.2 Å². The maximum atomic E-state index is 13.5. The van der Waals surface area contributed by atoms with Crippen molar-refractivity contribution < 1.29 is 28.9 Å². The summed E-state index contributed by atoms with van der Waals surface area (Å²) in [4.78, 5) is 30.6. The second kappa shape index (κ2) is 14.0. The van der Waals surface area contributed by atoms with Gasteiger partial charge >= 0.3 is 0 Å². The van der Waals surface area contributed by atoms with Gasteiger partial charge in [0.2, 0.25) is 0 Å². The Balaban J connectivity index is 2.12. The van der Waals surface area contributed by atoms with Gasteiger partial charge in [0.25, 0.3) is 11.7 Å². The van der Waals surface area contributed by atoms with E-state index in [0.717, 1.165) is 18.7 Å². The molecule has 3 rings (SSSR count). The maximum Gasteiger partial charge on any atom is 0.295 e. The van der Waals surface area contributed by atoms with Crippen LogP contribution in [0.4, 0.5) is 0 Å². The summed E-state index contributed by atoms with van der Waals surface area (Å²) in [5.41, 5.74) is 1.89. The summed E-state index contributed by atoms with van der Waals surface area (Å²) in [5, 5.41) is 11.6. The Morgan fingerprint density at radius 2 is 1.82 bits per heavy atom. The quantitative estimate of drug-likeness (QED) is 0.146. The molecule has 8 nitrogen and oxygen atoms in total. The van der Waals surface area contributed by atoms with E-state index < -0.39 is 17.7 Å². The summed E-state index contributed by atoms with van der Waals surface area (Å²) < 4.78 is 17.1. The number of hydrogen-bond donors (Lipinski definition) is 1. The average molecular weight is 551 g/mol. The van der Waals surface area contributed by atoms with E-state index in [0.29, 0.717) is 60.6 Å². The van der Waals surface area contributed by atoms with E-state index in [1.807, 2.05) is 13.0 Å². The molecule has 1 aliphatic heterocycles. The van der Waals surface area contributed by atoms with Crippen LogP contribution >= 0.6 is 0 Å². The van der Waals surface area contributed by atoms with E-state index in [9.17, 15) is 14.7 Å². The van der Waals surface area contributed by atoms with E-state index in [1.54, 1.807) is 41.3 Å². The zero-order chi connectivity index (χ0) is 29.4. The number of likely N-dealkylation sites (N-methyl/N-ethyl adjacent to an activating group) is 1. The Bertz CT molecular complexity index is 1250. The lowest BCUT2D eigenvalue weighted by Crippen LogP contribution is -2.38. The van der Waals surface area contributed by atoms with Crippen LogP contribution in [-0.4, -0.2) is 73.1 Å². The molecule has 1 saturated heterocycles. The monoisotopic (exact) mass is 550 g/mol. The standard InChI is InChI=1S/C32H42N2O6/c1-8-17-39-26-14-11-23(19-27(26)38-7)29-28(31(36)32(37)34(29)16-15-33(9-2)10-3)30(35)25-13-12-24(18-22(25)6)40-20-21(4)5/h8,11-14,18-19,21,29,35H,1,9-10,15-17,20H2,2-7H3. The summed E-state index contributed by atoms with van der Waals surface area (Å²) in [6, 6.07) is 9.83. The Hall–Kier alpha value is -3.78. The van der Waals surface area contributed by atoms with Crippen LogP contribution in [0.5, 0.6) is 17.2 Å². The molecule has 1 N–H and O–H groups in total. The number of aliphatic hydroxyl groups is 1. The summed E-state index contributed by atoms with van der Waals surface area (Å²) >= 11 is 0. The highest BCUT2D eigenvalue weighted by Crippen LogP contribution is 2.42. The zero-order valence-corrected chi connectivity index (χ0v) is 24.5. The van der Waals surface area contributed by atoms with E-state index >= 15 is 0 Å². The normalized spacial score (nSPS) is 16.6. The van der Waals surface area contributed by atoms with Crippen molar-refractivity contribution in [1.82, 2.24) is 9.80 Å². The average Bonchev–Trinajstić information content (AvgIpc) is 3.20. The highest BCUT2D eigenvalue weighted by atomic mass is 16.5. The van der Waals surface area contributed by atoms with Crippen molar-refractivity contribution in [1.29, 1.82) is 0 Å². The molecule has 0 bridgehead atoms.